The molecule has 34 heavy (non-hydrogen) atoms. The average molecular weight is 457 g/mol. The zero-order valence-electron chi connectivity index (χ0n) is 19.3. The molecule has 1 aliphatic rings. The third-order valence-corrected chi connectivity index (χ3v) is 6.13. The highest BCUT2D eigenvalue weighted by Crippen LogP contribution is 2.25. The van der Waals surface area contributed by atoms with Gasteiger partial charge in [0, 0.05) is 22.9 Å². The second kappa shape index (κ2) is 9.52. The number of anilines is 2. The molecular formula is C26H28N6O2. The van der Waals surface area contributed by atoms with E-state index in [1.165, 1.54) is 0 Å². The van der Waals surface area contributed by atoms with Crippen LogP contribution in [0.1, 0.15) is 28.8 Å². The summed E-state index contributed by atoms with van der Waals surface area (Å²) in [4.78, 5) is 17.4. The van der Waals surface area contributed by atoms with Crippen molar-refractivity contribution in [1.29, 1.82) is 0 Å². The van der Waals surface area contributed by atoms with Crippen molar-refractivity contribution in [3.8, 4) is 17.0 Å². The second-order valence-electron chi connectivity index (χ2n) is 8.50. The minimum Gasteiger partial charge on any atom is -0.497 e. The molecule has 0 bridgehead atoms. The molecule has 0 radical (unpaired) electrons. The second-order valence-corrected chi connectivity index (χ2v) is 8.50. The van der Waals surface area contributed by atoms with Crippen LogP contribution < -0.4 is 20.7 Å². The molecular weight excluding hydrogens is 428 g/mol. The van der Waals surface area contributed by atoms with Gasteiger partial charge in [0.2, 0.25) is 5.95 Å². The van der Waals surface area contributed by atoms with E-state index < -0.39 is 0 Å². The molecule has 5 rings (SSSR count). The standard InChI is InChI=1S/C26H28N6O2/c1-17-15-20(9-10-22(17)25(33)28-19-11-13-27-14-12-19)29-26-30-24-8-4-7-23(32(24)31-26)18-5-3-6-21(16-18)34-2/h3-10,15-16,19,27H,11-14H2,1-2H3,(H,28,33)(H,29,31). The van der Waals surface area contributed by atoms with Crippen LogP contribution in [0.2, 0.25) is 0 Å². The van der Waals surface area contributed by atoms with E-state index in [1.807, 2.05) is 72.1 Å². The molecule has 1 fully saturated rings. The Labute approximate surface area is 198 Å². The first-order chi connectivity index (χ1) is 16.6. The maximum absolute atomic E-state index is 12.7. The summed E-state index contributed by atoms with van der Waals surface area (Å²) < 4.78 is 7.17. The number of methoxy groups -OCH3 is 1. The Kier molecular flexibility index (Phi) is 6.14. The molecule has 0 aliphatic carbocycles. The van der Waals surface area contributed by atoms with Crippen molar-refractivity contribution in [2.75, 3.05) is 25.5 Å². The van der Waals surface area contributed by atoms with Crippen molar-refractivity contribution in [3.63, 3.8) is 0 Å². The van der Waals surface area contributed by atoms with Gasteiger partial charge >= 0.3 is 0 Å². The number of hydrogen-bond acceptors (Lipinski definition) is 6. The Morgan fingerprint density at radius 2 is 1.91 bits per heavy atom. The van der Waals surface area contributed by atoms with E-state index in [-0.39, 0.29) is 11.9 Å². The molecule has 0 saturated carbocycles. The number of piperidine rings is 1. The summed E-state index contributed by atoms with van der Waals surface area (Å²) >= 11 is 0. The maximum atomic E-state index is 12.7. The summed E-state index contributed by atoms with van der Waals surface area (Å²) in [5, 5.41) is 14.4. The lowest BCUT2D eigenvalue weighted by molar-refractivity contribution is 0.0929. The minimum absolute atomic E-state index is 0.0234. The number of benzene rings is 2. The number of amides is 1. The van der Waals surface area contributed by atoms with Gasteiger partial charge in [-0.25, -0.2) is 4.52 Å². The van der Waals surface area contributed by atoms with Gasteiger partial charge in [-0.2, -0.15) is 4.98 Å². The van der Waals surface area contributed by atoms with Crippen LogP contribution in [0.4, 0.5) is 11.6 Å². The molecule has 3 N–H and O–H groups in total. The van der Waals surface area contributed by atoms with Gasteiger partial charge in [0.1, 0.15) is 5.75 Å². The molecule has 0 atom stereocenters. The summed E-state index contributed by atoms with van der Waals surface area (Å²) in [5.74, 6) is 1.25. The van der Waals surface area contributed by atoms with Crippen molar-refractivity contribution in [3.05, 3.63) is 71.8 Å². The largest absolute Gasteiger partial charge is 0.497 e. The minimum atomic E-state index is -0.0234. The molecule has 2 aromatic heterocycles. The molecule has 0 spiro atoms. The van der Waals surface area contributed by atoms with Crippen LogP contribution in [-0.4, -0.2) is 46.7 Å². The number of aromatic nitrogens is 3. The van der Waals surface area contributed by atoms with E-state index in [4.69, 9.17) is 4.74 Å². The molecule has 3 heterocycles. The van der Waals surface area contributed by atoms with Crippen LogP contribution in [0.15, 0.2) is 60.7 Å². The number of nitrogens with zero attached hydrogens (tertiary/aromatic N) is 3. The highest BCUT2D eigenvalue weighted by Gasteiger charge is 2.18. The van der Waals surface area contributed by atoms with Crippen molar-refractivity contribution in [2.45, 2.75) is 25.8 Å². The first kappa shape index (κ1) is 21.9. The van der Waals surface area contributed by atoms with Gasteiger partial charge in [0.05, 0.1) is 12.8 Å². The molecule has 8 heteroatoms. The van der Waals surface area contributed by atoms with Crippen LogP contribution in [0.5, 0.6) is 5.75 Å². The Balaban J connectivity index is 1.36. The fourth-order valence-electron chi connectivity index (χ4n) is 4.31. The SMILES string of the molecule is COc1cccc(-c2cccc3nc(Nc4ccc(C(=O)NC5CCNCC5)c(C)c4)nn23)c1. The Bertz CT molecular complexity index is 1330. The quantitative estimate of drug-likeness (QED) is 0.407. The molecule has 8 nitrogen and oxygen atoms in total. The normalized spacial score (nSPS) is 14.2. The molecule has 174 valence electrons. The lowest BCUT2D eigenvalue weighted by Gasteiger charge is -2.24. The number of fused-ring (bicyclic) bond motifs is 1. The van der Waals surface area contributed by atoms with Gasteiger partial charge in [-0.3, -0.25) is 4.79 Å². The van der Waals surface area contributed by atoms with Crippen LogP contribution >= 0.6 is 0 Å². The number of pyridine rings is 1. The topological polar surface area (TPSA) is 92.6 Å². The third kappa shape index (κ3) is 4.58. The monoisotopic (exact) mass is 456 g/mol. The molecule has 1 aliphatic heterocycles. The number of hydrogen-bond donors (Lipinski definition) is 3. The highest BCUT2D eigenvalue weighted by atomic mass is 16.5. The average Bonchev–Trinajstić information content (AvgIpc) is 3.27. The molecule has 1 amide bonds. The first-order valence-electron chi connectivity index (χ1n) is 11.5. The smallest absolute Gasteiger partial charge is 0.251 e. The molecule has 1 saturated heterocycles. The van der Waals surface area contributed by atoms with Crippen LogP contribution in [0.3, 0.4) is 0 Å². The van der Waals surface area contributed by atoms with Crippen LogP contribution in [-0.2, 0) is 0 Å². The summed E-state index contributed by atoms with van der Waals surface area (Å²) in [6, 6.07) is 19.7. The van der Waals surface area contributed by atoms with E-state index in [0.717, 1.165) is 59.8 Å². The maximum Gasteiger partial charge on any atom is 0.251 e. The van der Waals surface area contributed by atoms with Gasteiger partial charge < -0.3 is 20.7 Å². The lowest BCUT2D eigenvalue weighted by atomic mass is 10.0. The zero-order valence-corrected chi connectivity index (χ0v) is 19.3. The lowest BCUT2D eigenvalue weighted by Crippen LogP contribution is -2.42. The molecule has 2 aromatic carbocycles. The zero-order chi connectivity index (χ0) is 23.5. The first-order valence-corrected chi connectivity index (χ1v) is 11.5. The Morgan fingerprint density at radius 3 is 2.71 bits per heavy atom. The Hall–Kier alpha value is -3.91. The van der Waals surface area contributed by atoms with Crippen molar-refractivity contribution in [1.82, 2.24) is 25.2 Å². The molecule has 0 unspecified atom stereocenters. The van der Waals surface area contributed by atoms with Crippen LogP contribution in [0, 0.1) is 6.92 Å². The summed E-state index contributed by atoms with van der Waals surface area (Å²) in [5.41, 5.74) is 5.05. The van der Waals surface area contributed by atoms with E-state index >= 15 is 0 Å². The van der Waals surface area contributed by atoms with Crippen LogP contribution in [0.25, 0.3) is 16.9 Å². The van der Waals surface area contributed by atoms with Crippen molar-refractivity contribution in [2.24, 2.45) is 0 Å². The summed E-state index contributed by atoms with van der Waals surface area (Å²) in [6.07, 6.45) is 1.92. The summed E-state index contributed by atoms with van der Waals surface area (Å²) in [6.45, 7) is 3.83. The van der Waals surface area contributed by atoms with E-state index in [1.54, 1.807) is 7.11 Å². The van der Waals surface area contributed by atoms with Crippen molar-refractivity contribution < 1.29 is 9.53 Å². The predicted molar refractivity (Wildman–Crippen MR) is 133 cm³/mol. The van der Waals surface area contributed by atoms with Gasteiger partial charge in [0.15, 0.2) is 5.65 Å². The summed E-state index contributed by atoms with van der Waals surface area (Å²) in [7, 11) is 1.65. The number of rotatable bonds is 6. The van der Waals surface area contributed by atoms with Crippen molar-refractivity contribution >= 4 is 23.2 Å². The fraction of sp³-hybridized carbons (Fsp3) is 0.269. The number of aryl methyl sites for hydroxylation is 1. The van der Waals surface area contributed by atoms with Gasteiger partial charge in [-0.15, -0.1) is 5.10 Å². The predicted octanol–water partition coefficient (Wildman–Crippen LogP) is 3.94. The van der Waals surface area contributed by atoms with E-state index in [9.17, 15) is 4.79 Å². The van der Waals surface area contributed by atoms with E-state index in [0.29, 0.717) is 11.5 Å². The van der Waals surface area contributed by atoms with E-state index in [2.05, 4.69) is 26.0 Å². The number of nitrogens with one attached hydrogen (secondary N) is 3. The molecule has 4 aromatic rings. The van der Waals surface area contributed by atoms with Gasteiger partial charge in [-0.05, 0) is 80.9 Å². The number of carbonyl (C=O) groups is 1. The number of ether oxygens (including phenoxy) is 1. The number of carbonyl (C=O) groups excluding carboxylic acids is 1. The highest BCUT2D eigenvalue weighted by molar-refractivity contribution is 5.96. The van der Waals surface area contributed by atoms with Gasteiger partial charge in [-0.1, -0.05) is 18.2 Å². The fourth-order valence-corrected chi connectivity index (χ4v) is 4.31. The Morgan fingerprint density at radius 1 is 1.09 bits per heavy atom. The third-order valence-electron chi connectivity index (χ3n) is 6.13. The van der Waals surface area contributed by atoms with Gasteiger partial charge in [0.25, 0.3) is 5.91 Å².